The van der Waals surface area contributed by atoms with Gasteiger partial charge in [-0.25, -0.2) is 8.42 Å². The van der Waals surface area contributed by atoms with Crippen LogP contribution < -0.4 is 15.4 Å². The van der Waals surface area contributed by atoms with Crippen LogP contribution in [0.5, 0.6) is 5.75 Å². The van der Waals surface area contributed by atoms with Gasteiger partial charge in [0.1, 0.15) is 23.8 Å². The molecule has 8 nitrogen and oxygen atoms in total. The molecule has 2 aromatic rings. The molecule has 1 saturated carbocycles. The van der Waals surface area contributed by atoms with Crippen molar-refractivity contribution in [2.75, 3.05) is 24.6 Å². The zero-order chi connectivity index (χ0) is 22.5. The molecule has 5 rings (SSSR count). The number of Topliss-reactive ketones (excluding diaryl/α,β-unsaturated/α-hetero) is 1. The van der Waals surface area contributed by atoms with Crippen molar-refractivity contribution in [3.05, 3.63) is 42.0 Å². The van der Waals surface area contributed by atoms with Gasteiger partial charge in [-0.3, -0.25) is 14.6 Å². The van der Waals surface area contributed by atoms with Crippen molar-refractivity contribution in [2.24, 2.45) is 16.1 Å². The maximum atomic E-state index is 13.5. The molecule has 0 atom stereocenters. The second-order valence-electron chi connectivity index (χ2n) is 8.68. The van der Waals surface area contributed by atoms with Gasteiger partial charge in [0.05, 0.1) is 15.4 Å². The van der Waals surface area contributed by atoms with Crippen LogP contribution in [-0.4, -0.2) is 46.0 Å². The summed E-state index contributed by atoms with van der Waals surface area (Å²) in [6, 6.07) is 9.19. The molecule has 2 heterocycles. The number of primary amides is 1. The summed E-state index contributed by atoms with van der Waals surface area (Å²) < 4.78 is 32.5. The van der Waals surface area contributed by atoms with Crippen LogP contribution in [0, 0.1) is 5.41 Å². The molecule has 0 bridgehead atoms. The normalized spacial score (nSPS) is 19.2. The minimum Gasteiger partial charge on any atom is -0.486 e. The lowest BCUT2D eigenvalue weighted by Gasteiger charge is -2.47. The van der Waals surface area contributed by atoms with Crippen molar-refractivity contribution in [3.63, 3.8) is 0 Å². The van der Waals surface area contributed by atoms with E-state index in [1.165, 1.54) is 24.3 Å². The van der Waals surface area contributed by atoms with Crippen LogP contribution >= 0.6 is 0 Å². The summed E-state index contributed by atoms with van der Waals surface area (Å²) in [6.07, 6.45) is 4.67. The Morgan fingerprint density at radius 1 is 1.09 bits per heavy atom. The van der Waals surface area contributed by atoms with Crippen LogP contribution in [-0.2, 0) is 14.6 Å². The molecule has 2 fully saturated rings. The second-order valence-corrected chi connectivity index (χ2v) is 10.6. The quantitative estimate of drug-likeness (QED) is 0.760. The third kappa shape index (κ3) is 3.46. The van der Waals surface area contributed by atoms with E-state index in [1.807, 2.05) is 0 Å². The second kappa shape index (κ2) is 7.44. The number of ketones is 1. The van der Waals surface area contributed by atoms with E-state index in [1.54, 1.807) is 18.3 Å². The number of nitrogens with two attached hydrogens (primary N) is 1. The van der Waals surface area contributed by atoms with Crippen molar-refractivity contribution in [3.8, 4) is 5.75 Å². The topological polar surface area (TPSA) is 119 Å². The Kier molecular flexibility index (Phi) is 4.81. The van der Waals surface area contributed by atoms with Gasteiger partial charge in [0.2, 0.25) is 15.7 Å². The highest BCUT2D eigenvalue weighted by Gasteiger charge is 2.45. The molecule has 9 heteroatoms. The van der Waals surface area contributed by atoms with Crippen LogP contribution in [0.3, 0.4) is 0 Å². The number of anilines is 1. The summed E-state index contributed by atoms with van der Waals surface area (Å²) in [5, 5.41) is 0. The lowest BCUT2D eigenvalue weighted by atomic mass is 9.62. The minimum absolute atomic E-state index is 0.0126. The number of carbonyl (C=O) groups excluding carboxylic acids is 2. The van der Waals surface area contributed by atoms with E-state index in [2.05, 4.69) is 9.89 Å². The first-order valence-corrected chi connectivity index (χ1v) is 12.0. The summed E-state index contributed by atoms with van der Waals surface area (Å²) in [4.78, 5) is 29.7. The Morgan fingerprint density at radius 2 is 1.84 bits per heavy atom. The molecule has 1 saturated heterocycles. The Hall–Kier alpha value is -3.20. The van der Waals surface area contributed by atoms with Crippen LogP contribution in [0.15, 0.2) is 51.2 Å². The molecular weight excluding hydrogens is 430 g/mol. The molecule has 32 heavy (non-hydrogen) atoms. The first kappa shape index (κ1) is 20.7. The molecule has 1 spiro atoms. The Morgan fingerprint density at radius 3 is 2.53 bits per heavy atom. The van der Waals surface area contributed by atoms with E-state index in [0.29, 0.717) is 35.7 Å². The summed E-state index contributed by atoms with van der Waals surface area (Å²) in [6.45, 7) is 1.72. The number of aliphatic imine (C=N–C) groups is 1. The van der Waals surface area contributed by atoms with Gasteiger partial charge in [0.15, 0.2) is 0 Å². The van der Waals surface area contributed by atoms with Gasteiger partial charge in [-0.1, -0.05) is 0 Å². The number of benzene rings is 2. The maximum absolute atomic E-state index is 13.5. The molecule has 3 aliphatic rings. The zero-order valence-corrected chi connectivity index (χ0v) is 18.2. The molecule has 1 aliphatic carbocycles. The van der Waals surface area contributed by atoms with Gasteiger partial charge in [-0.05, 0) is 48.6 Å². The molecule has 2 aromatic carbocycles. The Balaban J connectivity index is 1.49. The number of hydrogen-bond acceptors (Lipinski definition) is 7. The zero-order valence-electron chi connectivity index (χ0n) is 17.4. The predicted molar refractivity (Wildman–Crippen MR) is 119 cm³/mol. The van der Waals surface area contributed by atoms with Crippen molar-refractivity contribution >= 4 is 39.1 Å². The fourth-order valence-corrected chi connectivity index (χ4v) is 6.28. The van der Waals surface area contributed by atoms with E-state index in [4.69, 9.17) is 10.5 Å². The number of hydrogen-bond donors (Lipinski definition) is 1. The third-order valence-corrected chi connectivity index (χ3v) is 8.43. The molecule has 0 unspecified atom stereocenters. The van der Waals surface area contributed by atoms with Gasteiger partial charge in [-0.15, -0.1) is 0 Å². The SMILES string of the molecule is NC(=O)c1ccc(N2CCC3(CC2)CC(=O)C3)cc1S(=O)(=O)c1ccc2c(c1)OCC=N2. The number of nitrogens with zero attached hydrogens (tertiary/aromatic N) is 2. The molecule has 166 valence electrons. The number of piperidine rings is 1. The standard InChI is InChI=1S/C23H23N3O5S/c24-22(28)18-3-1-15(26-8-5-23(6-9-26)13-16(27)14-23)11-21(18)32(29,30)17-2-4-19-20(12-17)31-10-7-25-19/h1-4,7,11-12H,5-6,8-10,13-14H2,(H2,24,28). The van der Waals surface area contributed by atoms with Crippen LogP contribution in [0.25, 0.3) is 0 Å². The molecule has 2 N–H and O–H groups in total. The highest BCUT2D eigenvalue weighted by atomic mass is 32.2. The van der Waals surface area contributed by atoms with Gasteiger partial charge in [0.25, 0.3) is 0 Å². The monoisotopic (exact) mass is 453 g/mol. The molecule has 2 aliphatic heterocycles. The molecule has 0 radical (unpaired) electrons. The van der Waals surface area contributed by atoms with Gasteiger partial charge in [0, 0.05) is 43.9 Å². The summed E-state index contributed by atoms with van der Waals surface area (Å²) in [5.74, 6) is -0.112. The number of rotatable bonds is 4. The lowest BCUT2D eigenvalue weighted by Crippen LogP contribution is -2.47. The van der Waals surface area contributed by atoms with E-state index >= 15 is 0 Å². The lowest BCUT2D eigenvalue weighted by molar-refractivity contribution is -0.133. The highest BCUT2D eigenvalue weighted by molar-refractivity contribution is 7.91. The number of sulfone groups is 1. The van der Waals surface area contributed by atoms with Crippen molar-refractivity contribution in [1.82, 2.24) is 0 Å². The fourth-order valence-electron chi connectivity index (χ4n) is 4.78. The Bertz CT molecular complexity index is 1250. The fraction of sp³-hybridized carbons (Fsp3) is 0.348. The van der Waals surface area contributed by atoms with Gasteiger partial charge >= 0.3 is 0 Å². The van der Waals surface area contributed by atoms with E-state index in [0.717, 1.165) is 25.9 Å². The number of carbonyl (C=O) groups is 2. The van der Waals surface area contributed by atoms with Crippen LogP contribution in [0.4, 0.5) is 11.4 Å². The Labute approximate surface area is 186 Å². The van der Waals surface area contributed by atoms with Crippen molar-refractivity contribution < 1.29 is 22.7 Å². The van der Waals surface area contributed by atoms with Crippen LogP contribution in [0.1, 0.15) is 36.0 Å². The third-order valence-electron chi connectivity index (χ3n) is 6.64. The number of fused-ring (bicyclic) bond motifs is 1. The minimum atomic E-state index is -4.04. The molecule has 0 aromatic heterocycles. The van der Waals surface area contributed by atoms with Crippen molar-refractivity contribution in [2.45, 2.75) is 35.5 Å². The highest BCUT2D eigenvalue weighted by Crippen LogP contribution is 2.47. The average molecular weight is 454 g/mol. The van der Waals surface area contributed by atoms with Crippen molar-refractivity contribution in [1.29, 1.82) is 0 Å². The maximum Gasteiger partial charge on any atom is 0.250 e. The average Bonchev–Trinajstić information content (AvgIpc) is 2.78. The largest absolute Gasteiger partial charge is 0.486 e. The predicted octanol–water partition coefficient (Wildman–Crippen LogP) is 2.66. The van der Waals surface area contributed by atoms with Gasteiger partial charge < -0.3 is 15.4 Å². The van der Waals surface area contributed by atoms with E-state index < -0.39 is 15.7 Å². The summed E-state index contributed by atoms with van der Waals surface area (Å²) in [7, 11) is -4.04. The first-order chi connectivity index (χ1) is 15.3. The summed E-state index contributed by atoms with van der Waals surface area (Å²) >= 11 is 0. The number of ether oxygens (including phenoxy) is 1. The number of amides is 1. The molecule has 1 amide bonds. The smallest absolute Gasteiger partial charge is 0.250 e. The van der Waals surface area contributed by atoms with E-state index in [9.17, 15) is 18.0 Å². The first-order valence-electron chi connectivity index (χ1n) is 10.5. The van der Waals surface area contributed by atoms with Gasteiger partial charge in [-0.2, -0.15) is 0 Å². The molecular formula is C23H23N3O5S. The van der Waals surface area contributed by atoms with E-state index in [-0.39, 0.29) is 27.4 Å². The summed E-state index contributed by atoms with van der Waals surface area (Å²) in [5.41, 5.74) is 6.84. The van der Waals surface area contributed by atoms with Crippen LogP contribution in [0.2, 0.25) is 0 Å².